The van der Waals surface area contributed by atoms with Gasteiger partial charge >= 0.3 is 0 Å². The van der Waals surface area contributed by atoms with Crippen molar-refractivity contribution < 1.29 is 24.5 Å². The third-order valence-corrected chi connectivity index (χ3v) is 10.7. The van der Waals surface area contributed by atoms with E-state index >= 15 is 0 Å². The van der Waals surface area contributed by atoms with E-state index in [0.717, 1.165) is 49.0 Å². The summed E-state index contributed by atoms with van der Waals surface area (Å²) in [5, 5.41) is 24.6. The minimum atomic E-state index is -1.38. The average molecular weight is 503 g/mol. The van der Waals surface area contributed by atoms with Gasteiger partial charge in [-0.05, 0) is 68.2 Å². The van der Waals surface area contributed by atoms with Gasteiger partial charge in [-0.2, -0.15) is 0 Å². The maximum atomic E-state index is 14.2. The Labute approximate surface area is 217 Å². The minimum Gasteiger partial charge on any atom is -0.504 e. The first kappa shape index (κ1) is 22.4. The summed E-state index contributed by atoms with van der Waals surface area (Å²) in [5.41, 5.74) is 0.314. The van der Waals surface area contributed by atoms with E-state index in [1.807, 2.05) is 36.4 Å². The molecule has 1 spiro atoms. The topological polar surface area (TPSA) is 82.5 Å². The van der Waals surface area contributed by atoms with Crippen LogP contribution in [0.25, 0.3) is 0 Å². The number of aliphatic hydroxyl groups is 1. The smallest absolute Gasteiger partial charge is 0.254 e. The number of aromatic hydroxyl groups is 1. The van der Waals surface area contributed by atoms with Crippen LogP contribution in [0.4, 0.5) is 0 Å². The summed E-state index contributed by atoms with van der Waals surface area (Å²) in [7, 11) is 1.58. The van der Waals surface area contributed by atoms with Crippen molar-refractivity contribution in [2.75, 3.05) is 20.2 Å². The minimum absolute atomic E-state index is 0.119. The third kappa shape index (κ3) is 2.60. The molecule has 2 N–H and O–H groups in total. The van der Waals surface area contributed by atoms with Gasteiger partial charge in [-0.1, -0.05) is 36.4 Å². The second-order valence-electron chi connectivity index (χ2n) is 12.2. The number of carbonyl (C=O) groups is 1. The molecule has 3 aliphatic carbocycles. The maximum absolute atomic E-state index is 14.2. The molecule has 7 aliphatic rings. The maximum Gasteiger partial charge on any atom is 0.254 e. The summed E-state index contributed by atoms with van der Waals surface area (Å²) >= 11 is 0. The van der Waals surface area contributed by atoms with Crippen LogP contribution >= 0.6 is 0 Å². The number of amides is 1. The van der Waals surface area contributed by atoms with Crippen molar-refractivity contribution in [3.05, 3.63) is 59.2 Å². The largest absolute Gasteiger partial charge is 0.504 e. The first-order valence-electron chi connectivity index (χ1n) is 13.8. The second-order valence-corrected chi connectivity index (χ2v) is 12.2. The molecule has 37 heavy (non-hydrogen) atoms. The van der Waals surface area contributed by atoms with Crippen molar-refractivity contribution in [3.8, 4) is 11.5 Å². The standard InChI is InChI=1S/C30H34N2O5/c1-36-21-10-9-20-11-12-28-15-22-30(35)26(25(37-28)27(34)32(30)17-18-5-3-2-4-6-18)29(28,23(20)24(21)33)13-14-31(22)16-19-7-8-19/h2-6,9-10,19,22,25-26,33,35H,7-8,11-17H2,1H3/t22-,25+,26+,28+,29+,30-/m1/s1. The molecule has 4 heterocycles. The highest BCUT2D eigenvalue weighted by Gasteiger charge is 2.84. The number of hydrogen-bond donors (Lipinski definition) is 2. The number of nitrogens with zero attached hydrogens (tertiary/aromatic N) is 2. The Morgan fingerprint density at radius 3 is 2.70 bits per heavy atom. The Morgan fingerprint density at radius 1 is 1.14 bits per heavy atom. The first-order chi connectivity index (χ1) is 17.9. The molecule has 4 aliphatic heterocycles. The lowest BCUT2D eigenvalue weighted by molar-refractivity contribution is -0.217. The number of phenolic OH excluding ortho intramolecular Hbond substituents is 1. The van der Waals surface area contributed by atoms with Gasteiger partial charge in [0.25, 0.3) is 5.91 Å². The molecule has 2 saturated carbocycles. The van der Waals surface area contributed by atoms with E-state index in [1.165, 1.54) is 12.8 Å². The summed E-state index contributed by atoms with van der Waals surface area (Å²) in [4.78, 5) is 18.3. The van der Waals surface area contributed by atoms with Gasteiger partial charge in [-0.15, -0.1) is 0 Å². The summed E-state index contributed by atoms with van der Waals surface area (Å²) in [6, 6.07) is 13.6. The fourth-order valence-corrected chi connectivity index (χ4v) is 9.11. The Bertz CT molecular complexity index is 1300. The first-order valence-corrected chi connectivity index (χ1v) is 13.8. The van der Waals surface area contributed by atoms with Crippen LogP contribution in [-0.4, -0.2) is 69.6 Å². The molecule has 194 valence electrons. The number of ether oxygens (including phenoxy) is 2. The van der Waals surface area contributed by atoms with Crippen LogP contribution in [-0.2, 0) is 27.9 Å². The highest BCUT2D eigenvalue weighted by atomic mass is 16.5. The third-order valence-electron chi connectivity index (χ3n) is 10.7. The van der Waals surface area contributed by atoms with E-state index in [9.17, 15) is 15.0 Å². The molecular formula is C30H34N2O5. The van der Waals surface area contributed by atoms with Gasteiger partial charge in [-0.3, -0.25) is 9.69 Å². The lowest BCUT2D eigenvalue weighted by Gasteiger charge is -2.60. The van der Waals surface area contributed by atoms with Crippen molar-refractivity contribution in [1.29, 1.82) is 0 Å². The Morgan fingerprint density at radius 2 is 1.95 bits per heavy atom. The molecule has 0 unspecified atom stereocenters. The van der Waals surface area contributed by atoms with Gasteiger partial charge in [0.2, 0.25) is 0 Å². The number of benzene rings is 2. The molecule has 7 nitrogen and oxygen atoms in total. The van der Waals surface area contributed by atoms with Gasteiger partial charge in [0, 0.05) is 24.1 Å². The normalized spacial score (nSPS) is 39.5. The van der Waals surface area contributed by atoms with Crippen molar-refractivity contribution in [3.63, 3.8) is 0 Å². The molecule has 0 radical (unpaired) electrons. The molecular weight excluding hydrogens is 468 g/mol. The van der Waals surface area contributed by atoms with Gasteiger partial charge in [0.1, 0.15) is 6.10 Å². The Balaban J connectivity index is 1.36. The average Bonchev–Trinajstić information content (AvgIpc) is 3.68. The molecule has 6 fully saturated rings. The summed E-state index contributed by atoms with van der Waals surface area (Å²) in [6.07, 6.45) is 4.74. The molecule has 0 aromatic heterocycles. The number of methoxy groups -OCH3 is 1. The highest BCUT2D eigenvalue weighted by Crippen LogP contribution is 2.73. The lowest BCUT2D eigenvalue weighted by Crippen LogP contribution is -2.72. The Kier molecular flexibility index (Phi) is 4.40. The van der Waals surface area contributed by atoms with Crippen LogP contribution in [0.5, 0.6) is 11.5 Å². The zero-order valence-corrected chi connectivity index (χ0v) is 21.2. The zero-order valence-electron chi connectivity index (χ0n) is 21.2. The van der Waals surface area contributed by atoms with E-state index in [0.29, 0.717) is 24.6 Å². The van der Waals surface area contributed by atoms with Gasteiger partial charge < -0.3 is 24.6 Å². The van der Waals surface area contributed by atoms with Crippen LogP contribution in [0.2, 0.25) is 0 Å². The zero-order chi connectivity index (χ0) is 25.2. The fraction of sp³-hybridized carbons (Fsp3) is 0.567. The number of carbonyl (C=O) groups excluding carboxylic acids is 1. The monoisotopic (exact) mass is 502 g/mol. The molecule has 9 rings (SSSR count). The van der Waals surface area contributed by atoms with Crippen molar-refractivity contribution in [2.45, 2.75) is 74.0 Å². The quantitative estimate of drug-likeness (QED) is 0.654. The SMILES string of the molecule is COc1ccc2c(c1O)[C@]13CCN(CC4CC4)[C@@H]4C[C@]1(CC2)O[C@@H]1C(=O)N(Cc2ccccc2)[C@]4(O)[C@@H]13. The van der Waals surface area contributed by atoms with Gasteiger partial charge in [0.15, 0.2) is 17.2 Å². The Hall–Kier alpha value is -2.61. The number of aryl methyl sites for hydroxylation is 1. The van der Waals surface area contributed by atoms with Crippen molar-refractivity contribution >= 4 is 5.91 Å². The van der Waals surface area contributed by atoms with Gasteiger partial charge in [0.05, 0.1) is 24.7 Å². The number of likely N-dealkylation sites (tertiary alicyclic amines) is 1. The molecule has 7 heteroatoms. The van der Waals surface area contributed by atoms with E-state index in [2.05, 4.69) is 11.0 Å². The lowest BCUT2D eigenvalue weighted by atomic mass is 9.48. The van der Waals surface area contributed by atoms with Crippen LogP contribution in [0.1, 0.15) is 48.8 Å². The van der Waals surface area contributed by atoms with E-state index < -0.39 is 28.8 Å². The number of rotatable bonds is 5. The van der Waals surface area contributed by atoms with Gasteiger partial charge in [-0.25, -0.2) is 0 Å². The summed E-state index contributed by atoms with van der Waals surface area (Å²) in [6.45, 7) is 2.11. The fourth-order valence-electron chi connectivity index (χ4n) is 9.11. The molecule has 1 amide bonds. The van der Waals surface area contributed by atoms with Crippen LogP contribution in [0.15, 0.2) is 42.5 Å². The van der Waals surface area contributed by atoms with Crippen LogP contribution < -0.4 is 4.74 Å². The highest BCUT2D eigenvalue weighted by molar-refractivity contribution is 5.87. The molecule has 4 saturated heterocycles. The van der Waals surface area contributed by atoms with Crippen molar-refractivity contribution in [1.82, 2.24) is 9.80 Å². The predicted octanol–water partition coefficient (Wildman–Crippen LogP) is 2.96. The van der Waals surface area contributed by atoms with E-state index in [4.69, 9.17) is 9.47 Å². The molecule has 4 bridgehead atoms. The number of fused-ring (bicyclic) bond motifs is 3. The molecule has 6 atom stereocenters. The molecule has 2 aromatic carbocycles. The van der Waals surface area contributed by atoms with Crippen LogP contribution in [0.3, 0.4) is 0 Å². The van der Waals surface area contributed by atoms with Crippen molar-refractivity contribution in [2.24, 2.45) is 11.8 Å². The van der Waals surface area contributed by atoms with Crippen LogP contribution in [0, 0.1) is 11.8 Å². The number of phenols is 1. The predicted molar refractivity (Wildman–Crippen MR) is 135 cm³/mol. The summed E-state index contributed by atoms with van der Waals surface area (Å²) < 4.78 is 12.5. The number of hydrogen-bond acceptors (Lipinski definition) is 6. The molecule has 2 aromatic rings. The van der Waals surface area contributed by atoms with E-state index in [-0.39, 0.29) is 17.7 Å². The summed E-state index contributed by atoms with van der Waals surface area (Å²) in [5.74, 6) is 0.687. The second kappa shape index (κ2) is 7.28. The van der Waals surface area contributed by atoms with E-state index in [1.54, 1.807) is 12.0 Å².